The van der Waals surface area contributed by atoms with E-state index in [0.29, 0.717) is 23.4 Å². The first-order valence-electron chi connectivity index (χ1n) is 8.85. The van der Waals surface area contributed by atoms with Gasteiger partial charge in [-0.25, -0.2) is 4.39 Å². The normalized spacial score (nSPS) is 17.7. The van der Waals surface area contributed by atoms with E-state index in [1.165, 1.54) is 6.07 Å². The lowest BCUT2D eigenvalue weighted by molar-refractivity contribution is 0.0952. The fourth-order valence-corrected chi connectivity index (χ4v) is 3.70. The van der Waals surface area contributed by atoms with Crippen molar-refractivity contribution < 1.29 is 9.18 Å². The monoisotopic (exact) mass is 354 g/mol. The number of nitrogens with one attached hydrogen (secondary N) is 1. The van der Waals surface area contributed by atoms with Gasteiger partial charge >= 0.3 is 0 Å². The number of likely N-dealkylation sites (tertiary alicyclic amines) is 1. The maximum Gasteiger partial charge on any atom is 0.267 e. The van der Waals surface area contributed by atoms with Crippen molar-refractivity contribution >= 4 is 5.91 Å². The average Bonchev–Trinajstić information content (AvgIpc) is 3.04. The number of carbonyl (C=O) groups is 1. The van der Waals surface area contributed by atoms with Crippen LogP contribution in [0.1, 0.15) is 52.6 Å². The summed E-state index contributed by atoms with van der Waals surface area (Å²) in [6, 6.07) is 10.6. The fourth-order valence-electron chi connectivity index (χ4n) is 3.70. The third-order valence-electron chi connectivity index (χ3n) is 5.13. The Hall–Kier alpha value is -2.65. The summed E-state index contributed by atoms with van der Waals surface area (Å²) in [5.41, 5.74) is 2.62. The molecule has 0 spiro atoms. The molecule has 5 nitrogen and oxygen atoms in total. The van der Waals surface area contributed by atoms with Crippen LogP contribution in [0.5, 0.6) is 0 Å². The molecule has 1 unspecified atom stereocenters. The number of hydrogen-bond acceptors (Lipinski definition) is 3. The first-order valence-corrected chi connectivity index (χ1v) is 8.85. The Morgan fingerprint density at radius 1 is 1.35 bits per heavy atom. The molecule has 26 heavy (non-hydrogen) atoms. The van der Waals surface area contributed by atoms with E-state index in [4.69, 9.17) is 5.26 Å². The van der Waals surface area contributed by atoms with Gasteiger partial charge in [0.15, 0.2) is 0 Å². The second-order valence-electron chi connectivity index (χ2n) is 6.68. The summed E-state index contributed by atoms with van der Waals surface area (Å²) in [6.45, 7) is 1.37. The largest absolute Gasteiger partial charge is 0.354 e. The quantitative estimate of drug-likeness (QED) is 0.918. The molecule has 0 aliphatic carbocycles. The van der Waals surface area contributed by atoms with E-state index in [9.17, 15) is 9.18 Å². The summed E-state index contributed by atoms with van der Waals surface area (Å²) in [4.78, 5) is 14.2. The molecule has 136 valence electrons. The second-order valence-corrected chi connectivity index (χ2v) is 6.68. The van der Waals surface area contributed by atoms with E-state index < -0.39 is 0 Å². The predicted octanol–water partition coefficient (Wildman–Crippen LogP) is 3.12. The second kappa shape index (κ2) is 7.71. The van der Waals surface area contributed by atoms with Crippen LogP contribution in [0.25, 0.3) is 0 Å². The molecule has 1 aromatic carbocycles. The van der Waals surface area contributed by atoms with Crippen molar-refractivity contribution in [2.45, 2.75) is 31.8 Å². The van der Waals surface area contributed by atoms with E-state index in [-0.39, 0.29) is 17.8 Å². The van der Waals surface area contributed by atoms with Crippen molar-refractivity contribution in [3.05, 3.63) is 58.7 Å². The summed E-state index contributed by atoms with van der Waals surface area (Å²) in [5, 5.41) is 11.6. The zero-order chi connectivity index (χ0) is 18.7. The van der Waals surface area contributed by atoms with Crippen LogP contribution in [0.4, 0.5) is 4.39 Å². The van der Waals surface area contributed by atoms with Crippen molar-refractivity contribution in [1.82, 2.24) is 14.8 Å². The Morgan fingerprint density at radius 3 is 2.85 bits per heavy atom. The Labute approximate surface area is 153 Å². The molecule has 6 heteroatoms. The Bertz CT molecular complexity index is 852. The molecule has 3 rings (SSSR count). The van der Waals surface area contributed by atoms with Crippen molar-refractivity contribution in [2.24, 2.45) is 7.05 Å². The van der Waals surface area contributed by atoms with Gasteiger partial charge in [-0.05, 0) is 43.7 Å². The van der Waals surface area contributed by atoms with Gasteiger partial charge < -0.3 is 9.88 Å². The lowest BCUT2D eigenvalue weighted by Crippen LogP contribution is -2.34. The first-order chi connectivity index (χ1) is 12.5. The summed E-state index contributed by atoms with van der Waals surface area (Å²) in [5.74, 6) is -0.453. The van der Waals surface area contributed by atoms with E-state index in [2.05, 4.69) is 10.2 Å². The van der Waals surface area contributed by atoms with Gasteiger partial charge in [-0.1, -0.05) is 12.5 Å². The van der Waals surface area contributed by atoms with Gasteiger partial charge in [0, 0.05) is 31.9 Å². The Kier molecular flexibility index (Phi) is 5.38. The lowest BCUT2D eigenvalue weighted by Gasteiger charge is -2.36. The van der Waals surface area contributed by atoms with Crippen LogP contribution in [-0.2, 0) is 13.6 Å². The highest BCUT2D eigenvalue weighted by Crippen LogP contribution is 2.33. The summed E-state index contributed by atoms with van der Waals surface area (Å²) in [6.07, 6.45) is 3.15. The van der Waals surface area contributed by atoms with E-state index in [0.717, 1.165) is 31.5 Å². The molecule has 0 bridgehead atoms. The highest BCUT2D eigenvalue weighted by molar-refractivity contribution is 5.92. The third-order valence-corrected chi connectivity index (χ3v) is 5.13. The van der Waals surface area contributed by atoms with Gasteiger partial charge in [0.2, 0.25) is 0 Å². The standard InChI is InChI=1S/C20H23FN4O/c1-23-20(26)19-9-8-17(24(19)2)18-5-3-4-10-25(18)13-15-7-6-14(12-22)11-16(15)21/h6-9,11,18H,3-5,10,13H2,1-2H3,(H,23,26). The van der Waals surface area contributed by atoms with Crippen LogP contribution >= 0.6 is 0 Å². The van der Waals surface area contributed by atoms with Crippen LogP contribution in [0.3, 0.4) is 0 Å². The van der Waals surface area contributed by atoms with Crippen LogP contribution in [0.15, 0.2) is 30.3 Å². The molecule has 1 amide bonds. The van der Waals surface area contributed by atoms with E-state index in [1.807, 2.05) is 29.8 Å². The number of carbonyl (C=O) groups excluding carboxylic acids is 1. The van der Waals surface area contributed by atoms with Crippen molar-refractivity contribution in [1.29, 1.82) is 5.26 Å². The van der Waals surface area contributed by atoms with Gasteiger partial charge in [0.25, 0.3) is 5.91 Å². The molecule has 1 atom stereocenters. The number of benzene rings is 1. The maximum absolute atomic E-state index is 14.3. The van der Waals surface area contributed by atoms with Crippen molar-refractivity contribution in [3.8, 4) is 6.07 Å². The Balaban J connectivity index is 1.86. The molecular weight excluding hydrogens is 331 g/mol. The van der Waals surface area contributed by atoms with Crippen LogP contribution in [0, 0.1) is 17.1 Å². The number of amides is 1. The zero-order valence-corrected chi connectivity index (χ0v) is 15.1. The number of aromatic nitrogens is 1. The van der Waals surface area contributed by atoms with Crippen LogP contribution in [0.2, 0.25) is 0 Å². The molecule has 2 heterocycles. The SMILES string of the molecule is CNC(=O)c1ccc(C2CCCCN2Cc2ccc(C#N)cc2F)n1C. The van der Waals surface area contributed by atoms with Gasteiger partial charge in [-0.3, -0.25) is 9.69 Å². The van der Waals surface area contributed by atoms with E-state index >= 15 is 0 Å². The molecule has 2 aromatic rings. The lowest BCUT2D eigenvalue weighted by atomic mass is 9.98. The van der Waals surface area contributed by atoms with Crippen molar-refractivity contribution in [3.63, 3.8) is 0 Å². The summed E-state index contributed by atoms with van der Waals surface area (Å²) >= 11 is 0. The minimum absolute atomic E-state index is 0.112. The van der Waals surface area contributed by atoms with Gasteiger partial charge in [-0.15, -0.1) is 0 Å². The molecule has 1 N–H and O–H groups in total. The van der Waals surface area contributed by atoms with Crippen LogP contribution in [-0.4, -0.2) is 29.0 Å². The predicted molar refractivity (Wildman–Crippen MR) is 96.9 cm³/mol. The number of nitrogens with zero attached hydrogens (tertiary/aromatic N) is 3. The molecule has 1 saturated heterocycles. The summed E-state index contributed by atoms with van der Waals surface area (Å²) in [7, 11) is 3.52. The van der Waals surface area contributed by atoms with Gasteiger partial charge in [-0.2, -0.15) is 5.26 Å². The highest BCUT2D eigenvalue weighted by Gasteiger charge is 2.28. The first kappa shape index (κ1) is 18.2. The number of halogens is 1. The maximum atomic E-state index is 14.3. The smallest absolute Gasteiger partial charge is 0.267 e. The zero-order valence-electron chi connectivity index (χ0n) is 15.1. The highest BCUT2D eigenvalue weighted by atomic mass is 19.1. The van der Waals surface area contributed by atoms with Gasteiger partial charge in [0.1, 0.15) is 11.5 Å². The molecular formula is C20H23FN4O. The van der Waals surface area contributed by atoms with E-state index in [1.54, 1.807) is 19.2 Å². The topological polar surface area (TPSA) is 61.1 Å². The minimum Gasteiger partial charge on any atom is -0.354 e. The summed E-state index contributed by atoms with van der Waals surface area (Å²) < 4.78 is 16.2. The molecule has 1 aliphatic rings. The molecule has 1 aromatic heterocycles. The Morgan fingerprint density at radius 2 is 2.15 bits per heavy atom. The molecule has 0 saturated carbocycles. The third kappa shape index (κ3) is 3.49. The van der Waals surface area contributed by atoms with Crippen LogP contribution < -0.4 is 5.32 Å². The minimum atomic E-state index is -0.341. The van der Waals surface area contributed by atoms with Crippen molar-refractivity contribution in [2.75, 3.05) is 13.6 Å². The van der Waals surface area contributed by atoms with Gasteiger partial charge in [0.05, 0.1) is 17.7 Å². The number of piperidine rings is 1. The number of hydrogen-bond donors (Lipinski definition) is 1. The average molecular weight is 354 g/mol. The number of rotatable bonds is 4. The molecule has 1 fully saturated rings. The molecule has 0 radical (unpaired) electrons. The fraction of sp³-hybridized carbons (Fsp3) is 0.400. The molecule has 1 aliphatic heterocycles. The number of nitriles is 1.